The van der Waals surface area contributed by atoms with Gasteiger partial charge in [-0.1, -0.05) is 48.0 Å². The summed E-state index contributed by atoms with van der Waals surface area (Å²) in [6.45, 7) is 2.35. The van der Waals surface area contributed by atoms with Crippen molar-refractivity contribution in [2.75, 3.05) is 32.5 Å². The molecule has 23 heavy (non-hydrogen) atoms. The molecule has 2 aromatic carbocycles. The van der Waals surface area contributed by atoms with E-state index >= 15 is 0 Å². The zero-order valence-electron chi connectivity index (χ0n) is 13.6. The Balaban J connectivity index is 2.07. The molecule has 0 radical (unpaired) electrons. The predicted octanol–water partition coefficient (Wildman–Crippen LogP) is 3.75. The van der Waals surface area contributed by atoms with Gasteiger partial charge in [0.1, 0.15) is 0 Å². The van der Waals surface area contributed by atoms with Crippen molar-refractivity contribution in [2.45, 2.75) is 6.54 Å². The van der Waals surface area contributed by atoms with Gasteiger partial charge in [0.05, 0.1) is 0 Å². The lowest BCUT2D eigenvalue weighted by Gasteiger charge is -2.27. The fourth-order valence-corrected chi connectivity index (χ4v) is 2.37. The van der Waals surface area contributed by atoms with Gasteiger partial charge in [0, 0.05) is 30.3 Å². The highest BCUT2D eigenvalue weighted by Gasteiger charge is 2.11. The molecule has 0 saturated heterocycles. The van der Waals surface area contributed by atoms with E-state index in [1.165, 1.54) is 5.56 Å². The lowest BCUT2D eigenvalue weighted by Crippen LogP contribution is -2.39. The minimum atomic E-state index is 0.373. The molecule has 0 aliphatic rings. The van der Waals surface area contributed by atoms with E-state index in [2.05, 4.69) is 22.3 Å². The lowest BCUT2D eigenvalue weighted by molar-refractivity contribution is 0.323. The number of anilines is 1. The van der Waals surface area contributed by atoms with E-state index in [1.807, 2.05) is 61.5 Å². The zero-order valence-corrected chi connectivity index (χ0v) is 14.3. The van der Waals surface area contributed by atoms with Crippen LogP contribution in [0.15, 0.2) is 54.6 Å². The molecule has 0 aliphatic carbocycles. The van der Waals surface area contributed by atoms with Crippen LogP contribution in [0.4, 0.5) is 5.69 Å². The first kappa shape index (κ1) is 17.3. The minimum Gasteiger partial charge on any atom is -0.337 e. The van der Waals surface area contributed by atoms with Crippen LogP contribution in [-0.2, 0) is 6.54 Å². The molecule has 4 nitrogen and oxygen atoms in total. The van der Waals surface area contributed by atoms with Crippen molar-refractivity contribution in [3.63, 3.8) is 0 Å². The Morgan fingerprint density at radius 2 is 1.78 bits per heavy atom. The molecule has 2 aromatic rings. The van der Waals surface area contributed by atoms with Gasteiger partial charge in [0.2, 0.25) is 0 Å². The number of nitrogens with zero attached hydrogens (tertiary/aromatic N) is 2. The number of likely N-dealkylation sites (N-methyl/N-ethyl adjacent to an activating group) is 1. The van der Waals surface area contributed by atoms with E-state index in [1.54, 1.807) is 0 Å². The molecule has 2 rings (SSSR count). The highest BCUT2D eigenvalue weighted by molar-refractivity contribution is 6.30. The Hall–Kier alpha value is -2.04. The molecule has 0 atom stereocenters. The van der Waals surface area contributed by atoms with Crippen LogP contribution >= 0.6 is 11.6 Å². The largest absolute Gasteiger partial charge is 0.337 e. The van der Waals surface area contributed by atoms with Gasteiger partial charge >= 0.3 is 0 Å². The summed E-state index contributed by atoms with van der Waals surface area (Å²) in [5.74, 6) is 0.373. The van der Waals surface area contributed by atoms with E-state index in [0.717, 1.165) is 18.8 Å². The van der Waals surface area contributed by atoms with Gasteiger partial charge in [-0.25, -0.2) is 0 Å². The normalized spacial score (nSPS) is 10.6. The van der Waals surface area contributed by atoms with Crippen molar-refractivity contribution in [1.29, 1.82) is 5.41 Å². The van der Waals surface area contributed by atoms with Crippen LogP contribution in [0.25, 0.3) is 0 Å². The summed E-state index contributed by atoms with van der Waals surface area (Å²) in [4.78, 5) is 4.14. The second-order valence-corrected chi connectivity index (χ2v) is 6.13. The Kier molecular flexibility index (Phi) is 6.44. The fraction of sp³-hybridized carbons (Fsp3) is 0.278. The summed E-state index contributed by atoms with van der Waals surface area (Å²) in [7, 11) is 4.07. The molecule has 122 valence electrons. The summed E-state index contributed by atoms with van der Waals surface area (Å²) >= 11 is 6.01. The average Bonchev–Trinajstić information content (AvgIpc) is 2.52. The summed E-state index contributed by atoms with van der Waals surface area (Å²) < 4.78 is 0. The maximum absolute atomic E-state index is 8.40. The molecule has 0 amide bonds. The third-order valence-corrected chi connectivity index (χ3v) is 3.67. The summed E-state index contributed by atoms with van der Waals surface area (Å²) in [6, 6.07) is 17.6. The van der Waals surface area contributed by atoms with Gasteiger partial charge < -0.3 is 15.1 Å². The number of hydrogen-bond acceptors (Lipinski definition) is 2. The van der Waals surface area contributed by atoms with Crippen LogP contribution < -0.4 is 5.32 Å². The first-order valence-electron chi connectivity index (χ1n) is 7.59. The number of rotatable bonds is 6. The quantitative estimate of drug-likeness (QED) is 0.626. The lowest BCUT2D eigenvalue weighted by atomic mass is 10.2. The molecule has 5 heteroatoms. The molecule has 0 fully saturated rings. The number of nitrogens with one attached hydrogen (secondary N) is 2. The summed E-state index contributed by atoms with van der Waals surface area (Å²) in [5, 5.41) is 12.2. The van der Waals surface area contributed by atoms with E-state index in [9.17, 15) is 0 Å². The second-order valence-electron chi connectivity index (χ2n) is 5.69. The highest BCUT2D eigenvalue weighted by atomic mass is 35.5. The number of halogens is 1. The Morgan fingerprint density at radius 3 is 2.43 bits per heavy atom. The van der Waals surface area contributed by atoms with Crippen LogP contribution in [-0.4, -0.2) is 42.9 Å². The summed E-state index contributed by atoms with van der Waals surface area (Å²) in [5.41, 5.74) is 2.01. The molecule has 0 aromatic heterocycles. The van der Waals surface area contributed by atoms with Crippen LogP contribution in [0, 0.1) is 5.41 Å². The monoisotopic (exact) mass is 330 g/mol. The van der Waals surface area contributed by atoms with Gasteiger partial charge in [0.25, 0.3) is 0 Å². The van der Waals surface area contributed by atoms with E-state index in [4.69, 9.17) is 17.0 Å². The predicted molar refractivity (Wildman–Crippen MR) is 98.2 cm³/mol. The highest BCUT2D eigenvalue weighted by Crippen LogP contribution is 2.15. The van der Waals surface area contributed by atoms with Crippen LogP contribution in [0.3, 0.4) is 0 Å². The molecule has 0 aliphatic heterocycles. The summed E-state index contributed by atoms with van der Waals surface area (Å²) in [6.07, 6.45) is 0. The van der Waals surface area contributed by atoms with Crippen molar-refractivity contribution in [2.24, 2.45) is 0 Å². The molecule has 2 N–H and O–H groups in total. The zero-order chi connectivity index (χ0) is 16.7. The standard InChI is InChI=1S/C18H23ClN4/c1-22(2)11-12-23(14-15-7-4-3-5-8-15)18(20)21-17-10-6-9-16(19)13-17/h3-10,13H,11-12,14H2,1-2H3,(H2,20,21). The number of hydrogen-bond donors (Lipinski definition) is 2. The molecule has 0 heterocycles. The van der Waals surface area contributed by atoms with Crippen molar-refractivity contribution in [1.82, 2.24) is 9.80 Å². The Labute approximate surface area is 143 Å². The first-order valence-corrected chi connectivity index (χ1v) is 7.97. The topological polar surface area (TPSA) is 42.4 Å². The molecule has 0 unspecified atom stereocenters. The van der Waals surface area contributed by atoms with Crippen molar-refractivity contribution < 1.29 is 0 Å². The van der Waals surface area contributed by atoms with E-state index in [-0.39, 0.29) is 0 Å². The second kappa shape index (κ2) is 8.56. The number of benzene rings is 2. The first-order chi connectivity index (χ1) is 11.0. The van der Waals surface area contributed by atoms with Crippen molar-refractivity contribution in [3.05, 3.63) is 65.2 Å². The Bertz CT molecular complexity index is 628. The van der Waals surface area contributed by atoms with Gasteiger partial charge in [-0.15, -0.1) is 0 Å². The van der Waals surface area contributed by atoms with Crippen LogP contribution in [0.5, 0.6) is 0 Å². The third kappa shape index (κ3) is 5.93. The van der Waals surface area contributed by atoms with Gasteiger partial charge in [0.15, 0.2) is 5.96 Å². The van der Waals surface area contributed by atoms with Crippen molar-refractivity contribution in [3.8, 4) is 0 Å². The molecule has 0 spiro atoms. The molecule has 0 bridgehead atoms. The molecular formula is C18H23ClN4. The van der Waals surface area contributed by atoms with Gasteiger partial charge in [-0.2, -0.15) is 0 Å². The number of guanidine groups is 1. The van der Waals surface area contributed by atoms with Crippen LogP contribution in [0.1, 0.15) is 5.56 Å². The third-order valence-electron chi connectivity index (χ3n) is 3.44. The van der Waals surface area contributed by atoms with Gasteiger partial charge in [-0.05, 0) is 37.9 Å². The Morgan fingerprint density at radius 1 is 1.04 bits per heavy atom. The maximum Gasteiger partial charge on any atom is 0.195 e. The molecule has 0 saturated carbocycles. The minimum absolute atomic E-state index is 0.373. The smallest absolute Gasteiger partial charge is 0.195 e. The van der Waals surface area contributed by atoms with Crippen LogP contribution in [0.2, 0.25) is 5.02 Å². The fourth-order valence-electron chi connectivity index (χ4n) is 2.18. The SMILES string of the molecule is CN(C)CCN(Cc1ccccc1)C(=N)Nc1cccc(Cl)c1. The average molecular weight is 331 g/mol. The van der Waals surface area contributed by atoms with E-state index in [0.29, 0.717) is 17.5 Å². The van der Waals surface area contributed by atoms with Gasteiger partial charge in [-0.3, -0.25) is 5.41 Å². The van der Waals surface area contributed by atoms with Crippen molar-refractivity contribution >= 4 is 23.2 Å². The molecular weight excluding hydrogens is 308 g/mol. The maximum atomic E-state index is 8.40. The van der Waals surface area contributed by atoms with E-state index < -0.39 is 0 Å².